The van der Waals surface area contributed by atoms with Crippen LogP contribution in [-0.2, 0) is 0 Å². The predicted octanol–water partition coefficient (Wildman–Crippen LogP) is 3.78. The van der Waals surface area contributed by atoms with E-state index in [0.717, 1.165) is 17.7 Å². The van der Waals surface area contributed by atoms with E-state index in [0.29, 0.717) is 17.6 Å². The highest BCUT2D eigenvalue weighted by Gasteiger charge is 2.34. The molecule has 3 rings (SSSR count). The Morgan fingerprint density at radius 1 is 1.12 bits per heavy atom. The minimum absolute atomic E-state index is 0.310. The number of Topliss-reactive ketones (excluding diaryl/α,β-unsaturated/α-hetero) is 1. The maximum absolute atomic E-state index is 12.5. The summed E-state index contributed by atoms with van der Waals surface area (Å²) in [5.74, 6) is 2.47. The average Bonchev–Trinajstić information content (AvgIpc) is 2.49. The van der Waals surface area contributed by atoms with Crippen LogP contribution < -0.4 is 0 Å². The third kappa shape index (κ3) is 1.69. The van der Waals surface area contributed by atoms with Gasteiger partial charge < -0.3 is 0 Å². The van der Waals surface area contributed by atoms with Gasteiger partial charge in [0, 0.05) is 22.1 Å². The predicted molar refractivity (Wildman–Crippen MR) is 66.9 cm³/mol. The van der Waals surface area contributed by atoms with Crippen molar-refractivity contribution >= 4 is 17.5 Å². The maximum Gasteiger partial charge on any atom is 0.167 e. The summed E-state index contributed by atoms with van der Waals surface area (Å²) >= 11 is 1.88. The summed E-state index contributed by atoms with van der Waals surface area (Å²) in [6.45, 7) is 0. The van der Waals surface area contributed by atoms with E-state index in [1.165, 1.54) is 24.2 Å². The standard InChI is InChI=1S/C14H16OS/c15-14-11-6-2-1-5-10(11)9-16-13-8-4-3-7-12(13)14/h3-4,7-8,10-11H,1-2,5-6,9H2/t10-,11-/m0/s1. The largest absolute Gasteiger partial charge is 0.294 e. The fourth-order valence-electron chi connectivity index (χ4n) is 2.94. The topological polar surface area (TPSA) is 17.1 Å². The normalized spacial score (nSPS) is 29.1. The van der Waals surface area contributed by atoms with Gasteiger partial charge in [-0.15, -0.1) is 11.8 Å². The van der Waals surface area contributed by atoms with E-state index in [4.69, 9.17) is 0 Å². The number of ketones is 1. The fraction of sp³-hybridized carbons (Fsp3) is 0.500. The lowest BCUT2D eigenvalue weighted by atomic mass is 9.76. The molecule has 1 fully saturated rings. The third-order valence-corrected chi connectivity index (χ3v) is 5.11. The molecule has 1 aromatic carbocycles. The molecule has 1 saturated carbocycles. The zero-order chi connectivity index (χ0) is 11.0. The molecular weight excluding hydrogens is 216 g/mol. The summed E-state index contributed by atoms with van der Waals surface area (Å²) < 4.78 is 0. The molecule has 2 aliphatic rings. The van der Waals surface area contributed by atoms with Gasteiger partial charge in [0.05, 0.1) is 0 Å². The van der Waals surface area contributed by atoms with Gasteiger partial charge >= 0.3 is 0 Å². The maximum atomic E-state index is 12.5. The Hall–Kier alpha value is -0.760. The summed E-state index contributed by atoms with van der Waals surface area (Å²) in [5.41, 5.74) is 0.974. The number of fused-ring (bicyclic) bond motifs is 2. The number of carbonyl (C=O) groups excluding carboxylic acids is 1. The van der Waals surface area contributed by atoms with Crippen molar-refractivity contribution in [1.82, 2.24) is 0 Å². The van der Waals surface area contributed by atoms with Crippen LogP contribution in [0.5, 0.6) is 0 Å². The number of hydrogen-bond donors (Lipinski definition) is 0. The van der Waals surface area contributed by atoms with E-state index in [1.807, 2.05) is 30.0 Å². The molecule has 16 heavy (non-hydrogen) atoms. The fourth-order valence-corrected chi connectivity index (χ4v) is 4.24. The monoisotopic (exact) mass is 232 g/mol. The highest BCUT2D eigenvalue weighted by Crippen LogP contribution is 2.41. The third-order valence-electron chi connectivity index (χ3n) is 3.85. The van der Waals surface area contributed by atoms with Crippen LogP contribution in [0, 0.1) is 11.8 Å². The number of thioether (sulfide) groups is 1. The summed E-state index contributed by atoms with van der Waals surface area (Å²) in [6.07, 6.45) is 4.90. The second-order valence-electron chi connectivity index (χ2n) is 4.82. The SMILES string of the molecule is O=C1c2ccccc2SC[C@@H]2CCCC[C@H]12. The Kier molecular flexibility index (Phi) is 2.76. The van der Waals surface area contributed by atoms with Crippen molar-refractivity contribution in [3.63, 3.8) is 0 Å². The van der Waals surface area contributed by atoms with Crippen LogP contribution in [0.25, 0.3) is 0 Å². The molecule has 0 unspecified atom stereocenters. The van der Waals surface area contributed by atoms with Gasteiger partial charge in [-0.25, -0.2) is 0 Å². The van der Waals surface area contributed by atoms with E-state index >= 15 is 0 Å². The van der Waals surface area contributed by atoms with Crippen LogP contribution in [0.1, 0.15) is 36.0 Å². The van der Waals surface area contributed by atoms with Gasteiger partial charge in [0.15, 0.2) is 5.78 Å². The first kappa shape index (κ1) is 10.4. The molecule has 0 radical (unpaired) electrons. The Bertz CT molecular complexity index is 413. The summed E-state index contributed by atoms with van der Waals surface area (Å²) in [4.78, 5) is 13.7. The van der Waals surface area contributed by atoms with Crippen molar-refractivity contribution in [2.75, 3.05) is 5.75 Å². The quantitative estimate of drug-likeness (QED) is 0.677. The zero-order valence-corrected chi connectivity index (χ0v) is 10.1. The van der Waals surface area contributed by atoms with Crippen LogP contribution in [0.3, 0.4) is 0 Å². The molecule has 1 aliphatic heterocycles. The summed E-state index contributed by atoms with van der Waals surface area (Å²) in [6, 6.07) is 8.12. The van der Waals surface area contributed by atoms with Gasteiger partial charge in [-0.2, -0.15) is 0 Å². The van der Waals surface area contributed by atoms with Gasteiger partial charge in [-0.1, -0.05) is 31.0 Å². The van der Waals surface area contributed by atoms with Crippen molar-refractivity contribution < 1.29 is 4.79 Å². The summed E-state index contributed by atoms with van der Waals surface area (Å²) in [5, 5.41) is 0. The second-order valence-corrected chi connectivity index (χ2v) is 5.88. The molecule has 1 aliphatic carbocycles. The molecule has 0 bridgehead atoms. The lowest BCUT2D eigenvalue weighted by Crippen LogP contribution is -2.27. The van der Waals surface area contributed by atoms with E-state index in [9.17, 15) is 4.79 Å². The summed E-state index contributed by atoms with van der Waals surface area (Å²) in [7, 11) is 0. The molecule has 0 spiro atoms. The molecular formula is C14H16OS. The molecule has 1 nitrogen and oxygen atoms in total. The molecule has 2 heteroatoms. The molecule has 1 heterocycles. The number of rotatable bonds is 0. The molecule has 0 amide bonds. The molecule has 0 N–H and O–H groups in total. The molecule has 2 atom stereocenters. The number of benzene rings is 1. The average molecular weight is 232 g/mol. The van der Waals surface area contributed by atoms with E-state index in [2.05, 4.69) is 6.07 Å². The van der Waals surface area contributed by atoms with Crippen molar-refractivity contribution in [2.24, 2.45) is 11.8 Å². The van der Waals surface area contributed by atoms with Gasteiger partial charge in [-0.05, 0) is 24.8 Å². The zero-order valence-electron chi connectivity index (χ0n) is 9.32. The number of hydrogen-bond acceptors (Lipinski definition) is 2. The highest BCUT2D eigenvalue weighted by atomic mass is 32.2. The lowest BCUT2D eigenvalue weighted by Gasteiger charge is -2.28. The highest BCUT2D eigenvalue weighted by molar-refractivity contribution is 7.99. The first-order chi connectivity index (χ1) is 7.86. The first-order valence-corrected chi connectivity index (χ1v) is 7.11. The molecule has 0 saturated heterocycles. The van der Waals surface area contributed by atoms with Crippen LogP contribution in [0.4, 0.5) is 0 Å². The van der Waals surface area contributed by atoms with Crippen LogP contribution >= 0.6 is 11.8 Å². The Morgan fingerprint density at radius 3 is 2.88 bits per heavy atom. The van der Waals surface area contributed by atoms with Gasteiger partial charge in [0.1, 0.15) is 0 Å². The van der Waals surface area contributed by atoms with E-state index in [1.54, 1.807) is 0 Å². The van der Waals surface area contributed by atoms with Crippen molar-refractivity contribution in [3.05, 3.63) is 29.8 Å². The van der Waals surface area contributed by atoms with Crippen LogP contribution in [0.2, 0.25) is 0 Å². The Morgan fingerprint density at radius 2 is 1.94 bits per heavy atom. The van der Waals surface area contributed by atoms with Gasteiger partial charge in [0.25, 0.3) is 0 Å². The lowest BCUT2D eigenvalue weighted by molar-refractivity contribution is 0.0840. The molecule has 0 aromatic heterocycles. The van der Waals surface area contributed by atoms with Crippen LogP contribution in [-0.4, -0.2) is 11.5 Å². The Labute approximate surface area is 101 Å². The second kappa shape index (κ2) is 4.25. The van der Waals surface area contributed by atoms with Crippen LogP contribution in [0.15, 0.2) is 29.2 Å². The van der Waals surface area contributed by atoms with E-state index in [-0.39, 0.29) is 0 Å². The minimum atomic E-state index is 0.310. The Balaban J connectivity index is 1.99. The van der Waals surface area contributed by atoms with Gasteiger partial charge in [0.2, 0.25) is 0 Å². The first-order valence-electron chi connectivity index (χ1n) is 6.12. The van der Waals surface area contributed by atoms with Crippen molar-refractivity contribution in [1.29, 1.82) is 0 Å². The van der Waals surface area contributed by atoms with E-state index < -0.39 is 0 Å². The number of carbonyl (C=O) groups is 1. The van der Waals surface area contributed by atoms with Gasteiger partial charge in [-0.3, -0.25) is 4.79 Å². The van der Waals surface area contributed by atoms with Crippen molar-refractivity contribution in [3.8, 4) is 0 Å². The smallest absolute Gasteiger partial charge is 0.167 e. The molecule has 84 valence electrons. The minimum Gasteiger partial charge on any atom is -0.294 e. The van der Waals surface area contributed by atoms with Crippen molar-refractivity contribution in [2.45, 2.75) is 30.6 Å². The molecule has 1 aromatic rings.